The number of halogens is 2. The van der Waals surface area contributed by atoms with Crippen LogP contribution in [0.1, 0.15) is 5.56 Å². The van der Waals surface area contributed by atoms with Crippen molar-refractivity contribution in [2.45, 2.75) is 6.42 Å². The van der Waals surface area contributed by atoms with Crippen molar-refractivity contribution in [3.05, 3.63) is 61.1 Å². The predicted octanol–water partition coefficient (Wildman–Crippen LogP) is 4.14. The van der Waals surface area contributed by atoms with E-state index in [1.54, 1.807) is 12.1 Å². The molecule has 3 rings (SSSR count). The molecule has 0 spiro atoms. The highest BCUT2D eigenvalue weighted by Crippen LogP contribution is 2.31. The zero-order valence-corrected chi connectivity index (χ0v) is 14.9. The summed E-state index contributed by atoms with van der Waals surface area (Å²) in [7, 11) is 0. The van der Waals surface area contributed by atoms with Crippen molar-refractivity contribution in [3.63, 3.8) is 0 Å². The van der Waals surface area contributed by atoms with Crippen LogP contribution in [0.25, 0.3) is 17.1 Å². The number of H-pyrrole nitrogens is 1. The number of rotatable bonds is 4. The van der Waals surface area contributed by atoms with E-state index in [9.17, 15) is 9.90 Å². The van der Waals surface area contributed by atoms with Gasteiger partial charge in [0, 0.05) is 21.5 Å². The maximum atomic E-state index is 12.2. The summed E-state index contributed by atoms with van der Waals surface area (Å²) in [6, 6.07) is 4.99. The Morgan fingerprint density at radius 3 is 2.91 bits per heavy atom. The third kappa shape index (κ3) is 3.12. The molecule has 0 aliphatic heterocycles. The maximum Gasteiger partial charge on any atom is 0.348 e. The molecule has 0 aliphatic carbocycles. The number of nitrogens with zero attached hydrogens (tertiary/aromatic N) is 2. The minimum absolute atomic E-state index is 0.0408. The number of hydrogen-bond donors (Lipinski definition) is 2. The van der Waals surface area contributed by atoms with Crippen LogP contribution in [0.4, 0.5) is 0 Å². The Kier molecular flexibility index (Phi) is 4.43. The summed E-state index contributed by atoms with van der Waals surface area (Å²) >= 11 is 10.9. The van der Waals surface area contributed by atoms with Crippen LogP contribution in [0.5, 0.6) is 5.75 Å². The Hall–Kier alpha value is -1.83. The van der Waals surface area contributed by atoms with E-state index in [2.05, 4.69) is 32.6 Å². The van der Waals surface area contributed by atoms with Crippen molar-refractivity contribution in [1.29, 1.82) is 0 Å². The number of nitrogens with one attached hydrogen (secondary N) is 1. The summed E-state index contributed by atoms with van der Waals surface area (Å²) in [5.74, 6) is 0.377. The molecule has 0 radical (unpaired) electrons. The Labute approximate surface area is 149 Å². The molecule has 2 N–H and O–H groups in total. The molecule has 0 fully saturated rings. The van der Waals surface area contributed by atoms with Gasteiger partial charge in [-0.05, 0) is 40.5 Å². The second-order valence-electron chi connectivity index (χ2n) is 4.76. The molecule has 2 heterocycles. The van der Waals surface area contributed by atoms with E-state index >= 15 is 0 Å². The van der Waals surface area contributed by atoms with Crippen molar-refractivity contribution in [1.82, 2.24) is 14.8 Å². The fourth-order valence-electron chi connectivity index (χ4n) is 2.16. The molecular weight excluding hydrogens is 402 g/mol. The largest absolute Gasteiger partial charge is 0.505 e. The topological polar surface area (TPSA) is 70.9 Å². The molecule has 1 aromatic carbocycles. The standard InChI is InChI=1S/C15H11BrClN3O2S/c1-2-3-8-4-10(17)6-11(13(8)21)20-15(22)18-14(19-20)9-5-12(16)23-7-9/h2,4-7,21H,1,3H2,(H,18,19,22). The lowest BCUT2D eigenvalue weighted by molar-refractivity contribution is 0.464. The first-order chi connectivity index (χ1) is 11.0. The van der Waals surface area contributed by atoms with Gasteiger partial charge < -0.3 is 5.11 Å². The van der Waals surface area contributed by atoms with E-state index in [4.69, 9.17) is 11.6 Å². The summed E-state index contributed by atoms with van der Waals surface area (Å²) < 4.78 is 2.04. The molecule has 0 unspecified atom stereocenters. The van der Waals surface area contributed by atoms with E-state index in [0.717, 1.165) is 14.0 Å². The van der Waals surface area contributed by atoms with Crippen LogP contribution in [0.15, 0.2) is 44.8 Å². The van der Waals surface area contributed by atoms with Crippen molar-refractivity contribution in [2.24, 2.45) is 0 Å². The minimum Gasteiger partial charge on any atom is -0.505 e. The first kappa shape index (κ1) is 16.0. The minimum atomic E-state index is -0.454. The van der Waals surface area contributed by atoms with Crippen molar-refractivity contribution in [2.75, 3.05) is 0 Å². The van der Waals surface area contributed by atoms with Gasteiger partial charge in [0.1, 0.15) is 11.4 Å². The SMILES string of the molecule is C=CCc1cc(Cl)cc(-n2nc(-c3csc(Br)c3)[nH]c2=O)c1O. The number of hydrogen-bond acceptors (Lipinski definition) is 4. The lowest BCUT2D eigenvalue weighted by Crippen LogP contribution is -2.16. The van der Waals surface area contributed by atoms with Gasteiger partial charge in [-0.15, -0.1) is 23.0 Å². The van der Waals surface area contributed by atoms with Gasteiger partial charge in [-0.2, -0.15) is 4.68 Å². The number of aromatic hydroxyl groups is 1. The first-order valence-electron chi connectivity index (χ1n) is 6.56. The van der Waals surface area contributed by atoms with Gasteiger partial charge in [-0.25, -0.2) is 4.79 Å². The van der Waals surface area contributed by atoms with Crippen LogP contribution in [-0.2, 0) is 6.42 Å². The van der Waals surface area contributed by atoms with Gasteiger partial charge in [-0.1, -0.05) is 17.7 Å². The molecule has 3 aromatic rings. The monoisotopic (exact) mass is 411 g/mol. The van der Waals surface area contributed by atoms with Crippen LogP contribution in [0, 0.1) is 0 Å². The first-order valence-corrected chi connectivity index (χ1v) is 8.61. The van der Waals surface area contributed by atoms with Crippen LogP contribution in [0.2, 0.25) is 5.02 Å². The fourth-order valence-corrected chi connectivity index (χ4v) is 3.54. The van der Waals surface area contributed by atoms with Gasteiger partial charge in [0.05, 0.1) is 3.79 Å². The number of allylic oxidation sites excluding steroid dienone is 1. The quantitative estimate of drug-likeness (QED) is 0.633. The Morgan fingerprint density at radius 1 is 1.48 bits per heavy atom. The summed E-state index contributed by atoms with van der Waals surface area (Å²) in [4.78, 5) is 14.9. The molecule has 118 valence electrons. The fraction of sp³-hybridized carbons (Fsp3) is 0.0667. The smallest absolute Gasteiger partial charge is 0.348 e. The van der Waals surface area contributed by atoms with Crippen molar-refractivity contribution in [3.8, 4) is 22.8 Å². The lowest BCUT2D eigenvalue weighted by atomic mass is 10.1. The van der Waals surface area contributed by atoms with Gasteiger partial charge >= 0.3 is 5.69 Å². The normalized spacial score (nSPS) is 10.9. The highest BCUT2D eigenvalue weighted by molar-refractivity contribution is 9.11. The zero-order valence-electron chi connectivity index (χ0n) is 11.7. The molecule has 0 bridgehead atoms. The third-order valence-electron chi connectivity index (χ3n) is 3.18. The van der Waals surface area contributed by atoms with Crippen LogP contribution < -0.4 is 5.69 Å². The van der Waals surface area contributed by atoms with E-state index in [1.807, 2.05) is 11.4 Å². The average Bonchev–Trinajstić information content (AvgIpc) is 3.09. The number of phenols is 1. The highest BCUT2D eigenvalue weighted by Gasteiger charge is 2.16. The van der Waals surface area contributed by atoms with E-state index in [1.165, 1.54) is 17.4 Å². The molecule has 0 amide bonds. The second kappa shape index (κ2) is 6.35. The number of phenolic OH excluding ortho intramolecular Hbond substituents is 1. The molecule has 0 saturated heterocycles. The lowest BCUT2D eigenvalue weighted by Gasteiger charge is -2.08. The number of aromatic amines is 1. The van der Waals surface area contributed by atoms with Crippen LogP contribution >= 0.6 is 38.9 Å². The zero-order chi connectivity index (χ0) is 16.6. The predicted molar refractivity (Wildman–Crippen MR) is 95.8 cm³/mol. The summed E-state index contributed by atoms with van der Waals surface area (Å²) in [5, 5.41) is 16.9. The van der Waals surface area contributed by atoms with Crippen LogP contribution in [0.3, 0.4) is 0 Å². The Balaban J connectivity index is 2.14. The van der Waals surface area contributed by atoms with E-state index < -0.39 is 5.69 Å². The van der Waals surface area contributed by atoms with Crippen LogP contribution in [-0.4, -0.2) is 19.9 Å². The summed E-state index contributed by atoms with van der Waals surface area (Å²) in [5.41, 5.74) is 1.14. The number of thiophene rings is 1. The Bertz CT molecular complexity index is 945. The van der Waals surface area contributed by atoms with Crippen molar-refractivity contribution < 1.29 is 5.11 Å². The summed E-state index contributed by atoms with van der Waals surface area (Å²) in [6.07, 6.45) is 2.08. The van der Waals surface area contributed by atoms with Gasteiger partial charge in [0.15, 0.2) is 5.82 Å². The average molecular weight is 413 g/mol. The highest BCUT2D eigenvalue weighted by atomic mass is 79.9. The number of aromatic nitrogens is 3. The Morgan fingerprint density at radius 2 is 2.26 bits per heavy atom. The molecule has 5 nitrogen and oxygen atoms in total. The summed E-state index contributed by atoms with van der Waals surface area (Å²) in [6.45, 7) is 3.65. The molecule has 8 heteroatoms. The third-order valence-corrected chi connectivity index (χ3v) is 4.91. The van der Waals surface area contributed by atoms with Crippen molar-refractivity contribution >= 4 is 38.9 Å². The molecular formula is C15H11BrClN3O2S. The second-order valence-corrected chi connectivity index (χ2v) is 7.48. The van der Waals surface area contributed by atoms with Gasteiger partial charge in [0.25, 0.3) is 0 Å². The molecule has 0 saturated carbocycles. The molecule has 0 aliphatic rings. The molecule has 2 aromatic heterocycles. The molecule has 0 atom stereocenters. The number of benzene rings is 1. The van der Waals surface area contributed by atoms with Gasteiger partial charge in [0.2, 0.25) is 0 Å². The molecule has 23 heavy (non-hydrogen) atoms. The van der Waals surface area contributed by atoms with Gasteiger partial charge in [-0.3, -0.25) is 4.98 Å². The van der Waals surface area contributed by atoms with E-state index in [0.29, 0.717) is 22.8 Å². The maximum absolute atomic E-state index is 12.2. The van der Waals surface area contributed by atoms with E-state index in [-0.39, 0.29) is 11.4 Å².